The van der Waals surface area contributed by atoms with Crippen molar-refractivity contribution in [2.75, 3.05) is 17.8 Å². The Morgan fingerprint density at radius 3 is 2.56 bits per heavy atom. The Labute approximate surface area is 206 Å². The number of hydrogen-bond donors (Lipinski definition) is 1. The molecule has 1 N–H and O–H groups in total. The maximum absolute atomic E-state index is 13.1. The van der Waals surface area contributed by atoms with Gasteiger partial charge in [-0.25, -0.2) is 8.42 Å². The van der Waals surface area contributed by atoms with Gasteiger partial charge in [0.05, 0.1) is 22.2 Å². The fourth-order valence-corrected chi connectivity index (χ4v) is 6.24. The quantitative estimate of drug-likeness (QED) is 0.589. The number of piperidine rings is 1. The summed E-state index contributed by atoms with van der Waals surface area (Å²) in [6, 6.07) is 11.4. The van der Waals surface area contributed by atoms with Gasteiger partial charge in [-0.15, -0.1) is 0 Å². The Balaban J connectivity index is 1.56. The van der Waals surface area contributed by atoms with Gasteiger partial charge in [0.25, 0.3) is 10.0 Å². The lowest BCUT2D eigenvalue weighted by Gasteiger charge is -2.30. The van der Waals surface area contributed by atoms with Gasteiger partial charge in [-0.2, -0.15) is 5.26 Å². The first kappa shape index (κ1) is 24.3. The zero-order valence-corrected chi connectivity index (χ0v) is 20.8. The monoisotopic (exact) mass is 497 g/mol. The smallest absolute Gasteiger partial charge is 0.261 e. The van der Waals surface area contributed by atoms with Crippen molar-refractivity contribution in [2.24, 2.45) is 5.92 Å². The number of amides is 1. The molecule has 1 aliphatic carbocycles. The number of carbonyl (C=O) groups is 1. The van der Waals surface area contributed by atoms with Crippen LogP contribution in [0.5, 0.6) is 0 Å². The lowest BCUT2D eigenvalue weighted by molar-refractivity contribution is -0.135. The van der Waals surface area contributed by atoms with Crippen LogP contribution in [0.4, 0.5) is 5.69 Å². The van der Waals surface area contributed by atoms with Crippen LogP contribution in [0.15, 0.2) is 46.9 Å². The Morgan fingerprint density at radius 1 is 1.18 bits per heavy atom. The molecule has 0 radical (unpaired) electrons. The number of halogens is 1. The molecule has 0 atom stereocenters. The average Bonchev–Trinajstić information content (AvgIpc) is 3.36. The highest BCUT2D eigenvalue weighted by molar-refractivity contribution is 7.92. The molecule has 178 valence electrons. The van der Waals surface area contributed by atoms with Gasteiger partial charge in [-0.3, -0.25) is 9.52 Å². The van der Waals surface area contributed by atoms with E-state index in [4.69, 9.17) is 16.9 Å². The summed E-state index contributed by atoms with van der Waals surface area (Å²) in [6.07, 6.45) is 7.77. The first-order chi connectivity index (χ1) is 16.3. The van der Waals surface area contributed by atoms with Gasteiger partial charge in [0.15, 0.2) is 0 Å². The maximum Gasteiger partial charge on any atom is 0.261 e. The topological polar surface area (TPSA) is 90.3 Å². The zero-order valence-electron chi connectivity index (χ0n) is 19.2. The van der Waals surface area contributed by atoms with Gasteiger partial charge < -0.3 is 4.90 Å². The van der Waals surface area contributed by atoms with E-state index in [2.05, 4.69) is 4.72 Å². The van der Waals surface area contributed by atoms with E-state index in [-0.39, 0.29) is 22.3 Å². The molecule has 2 aromatic carbocycles. The van der Waals surface area contributed by atoms with Crippen molar-refractivity contribution in [1.29, 1.82) is 5.26 Å². The van der Waals surface area contributed by atoms with E-state index < -0.39 is 10.0 Å². The fraction of sp³-hybridized carbons (Fsp3) is 0.385. The summed E-state index contributed by atoms with van der Waals surface area (Å²) in [5.41, 5.74) is 3.29. The number of nitriles is 1. The summed E-state index contributed by atoms with van der Waals surface area (Å²) in [5, 5.41) is 9.64. The molecule has 2 fully saturated rings. The first-order valence-electron chi connectivity index (χ1n) is 11.6. The highest BCUT2D eigenvalue weighted by Gasteiger charge is 2.28. The van der Waals surface area contributed by atoms with Crippen molar-refractivity contribution in [3.05, 3.63) is 63.7 Å². The fourth-order valence-electron chi connectivity index (χ4n) is 4.76. The normalized spacial score (nSPS) is 16.9. The van der Waals surface area contributed by atoms with Crippen LogP contribution in [-0.4, -0.2) is 32.3 Å². The molecule has 2 aliphatic rings. The number of likely N-dealkylation sites (tertiary alicyclic amines) is 1. The summed E-state index contributed by atoms with van der Waals surface area (Å²) < 4.78 is 28.9. The molecule has 0 bridgehead atoms. The molecule has 0 spiro atoms. The average molecular weight is 498 g/mol. The molecular formula is C26H28ClN3O3S. The summed E-state index contributed by atoms with van der Waals surface area (Å²) in [6.45, 7) is 3.17. The summed E-state index contributed by atoms with van der Waals surface area (Å²) >= 11 is 6.31. The van der Waals surface area contributed by atoms with Crippen molar-refractivity contribution in [3.63, 3.8) is 0 Å². The second-order valence-corrected chi connectivity index (χ2v) is 11.2. The lowest BCUT2D eigenvalue weighted by Crippen LogP contribution is -2.39. The van der Waals surface area contributed by atoms with Gasteiger partial charge in [0, 0.05) is 29.6 Å². The number of aryl methyl sites for hydroxylation is 1. The largest absolute Gasteiger partial charge is 0.342 e. The van der Waals surface area contributed by atoms with E-state index in [0.29, 0.717) is 34.9 Å². The van der Waals surface area contributed by atoms with Crippen molar-refractivity contribution in [2.45, 2.75) is 50.3 Å². The summed E-state index contributed by atoms with van der Waals surface area (Å²) in [5.74, 6) is 0.463. The minimum absolute atomic E-state index is 0.0261. The number of carbonyl (C=O) groups excluding carboxylic acids is 1. The van der Waals surface area contributed by atoms with Crippen LogP contribution in [0, 0.1) is 24.2 Å². The molecule has 4 rings (SSSR count). The predicted molar refractivity (Wildman–Crippen MR) is 134 cm³/mol. The second-order valence-electron chi connectivity index (χ2n) is 9.04. The highest BCUT2D eigenvalue weighted by Crippen LogP contribution is 2.32. The standard InChI is InChI=1S/C26H28ClN3O3S/c1-18-13-23(27)16-22(25(18)29-34(32,33)24-8-4-5-20(15-24)17-28)14-19-9-11-30(12-10-19)26(31)21-6-2-3-7-21/h4-5,8,13-16,21,29H,2-3,6-7,9-12H2,1H3. The Hall–Kier alpha value is -2.82. The second kappa shape index (κ2) is 10.2. The molecule has 34 heavy (non-hydrogen) atoms. The van der Waals surface area contributed by atoms with E-state index in [1.807, 2.05) is 17.0 Å². The van der Waals surface area contributed by atoms with Gasteiger partial charge in [0.2, 0.25) is 5.91 Å². The maximum atomic E-state index is 13.1. The Morgan fingerprint density at radius 2 is 1.88 bits per heavy atom. The number of sulfonamides is 1. The number of rotatable bonds is 5. The highest BCUT2D eigenvalue weighted by atomic mass is 35.5. The number of benzene rings is 2. The van der Waals surface area contributed by atoms with E-state index in [9.17, 15) is 13.2 Å². The van der Waals surface area contributed by atoms with Crippen molar-refractivity contribution < 1.29 is 13.2 Å². The predicted octanol–water partition coefficient (Wildman–Crippen LogP) is 5.52. The van der Waals surface area contributed by atoms with Crippen LogP contribution in [-0.2, 0) is 14.8 Å². The van der Waals surface area contributed by atoms with Crippen LogP contribution < -0.4 is 4.72 Å². The minimum Gasteiger partial charge on any atom is -0.342 e. The molecule has 1 saturated heterocycles. The van der Waals surface area contributed by atoms with E-state index in [1.54, 1.807) is 31.2 Å². The molecule has 0 unspecified atom stereocenters. The van der Waals surface area contributed by atoms with Crippen molar-refractivity contribution >= 4 is 39.3 Å². The zero-order chi connectivity index (χ0) is 24.3. The van der Waals surface area contributed by atoms with Gasteiger partial charge in [0.1, 0.15) is 0 Å². The molecule has 8 heteroatoms. The first-order valence-corrected chi connectivity index (χ1v) is 13.4. The van der Waals surface area contributed by atoms with Gasteiger partial charge >= 0.3 is 0 Å². The molecule has 1 aliphatic heterocycles. The van der Waals surface area contributed by atoms with Crippen LogP contribution in [0.2, 0.25) is 5.02 Å². The van der Waals surface area contributed by atoms with Gasteiger partial charge in [-0.05, 0) is 68.5 Å². The van der Waals surface area contributed by atoms with E-state index in [0.717, 1.165) is 44.1 Å². The molecule has 1 amide bonds. The number of nitrogens with one attached hydrogen (secondary N) is 1. The van der Waals surface area contributed by atoms with Crippen molar-refractivity contribution in [1.82, 2.24) is 4.90 Å². The summed E-state index contributed by atoms with van der Waals surface area (Å²) in [7, 11) is -3.90. The lowest BCUT2D eigenvalue weighted by atomic mass is 9.97. The molecular weight excluding hydrogens is 470 g/mol. The van der Waals surface area contributed by atoms with Crippen LogP contribution in [0.3, 0.4) is 0 Å². The number of hydrogen-bond acceptors (Lipinski definition) is 4. The molecule has 1 heterocycles. The Kier molecular flexibility index (Phi) is 7.30. The minimum atomic E-state index is -3.90. The Bertz CT molecular complexity index is 1260. The molecule has 2 aromatic rings. The van der Waals surface area contributed by atoms with Crippen LogP contribution >= 0.6 is 11.6 Å². The third-order valence-electron chi connectivity index (χ3n) is 6.62. The molecule has 0 aromatic heterocycles. The molecule has 1 saturated carbocycles. The third-order valence-corrected chi connectivity index (χ3v) is 8.19. The third kappa shape index (κ3) is 5.45. The van der Waals surface area contributed by atoms with E-state index in [1.165, 1.54) is 12.1 Å². The van der Waals surface area contributed by atoms with Crippen LogP contribution in [0.1, 0.15) is 55.2 Å². The number of anilines is 1. The summed E-state index contributed by atoms with van der Waals surface area (Å²) in [4.78, 5) is 14.7. The number of nitrogens with zero attached hydrogens (tertiary/aromatic N) is 2. The SMILES string of the molecule is Cc1cc(Cl)cc(C=C2CCN(C(=O)C3CCCC3)CC2)c1NS(=O)(=O)c1cccc(C#N)c1. The van der Waals surface area contributed by atoms with Gasteiger partial charge in [-0.1, -0.05) is 42.2 Å². The molecule has 6 nitrogen and oxygen atoms in total. The van der Waals surface area contributed by atoms with E-state index >= 15 is 0 Å². The van der Waals surface area contributed by atoms with Crippen molar-refractivity contribution in [3.8, 4) is 6.07 Å². The van der Waals surface area contributed by atoms with Crippen LogP contribution in [0.25, 0.3) is 6.08 Å².